The van der Waals surface area contributed by atoms with Gasteiger partial charge in [-0.1, -0.05) is 39.0 Å². The molecule has 1 heteroatoms. The lowest BCUT2D eigenvalue weighted by Gasteiger charge is -2.15. The highest BCUT2D eigenvalue weighted by Gasteiger charge is 2.10. The minimum atomic E-state index is 0.846. The minimum absolute atomic E-state index is 0.846. The van der Waals surface area contributed by atoms with Crippen molar-refractivity contribution in [2.24, 2.45) is 0 Å². The van der Waals surface area contributed by atoms with E-state index in [0.717, 1.165) is 6.04 Å². The van der Waals surface area contributed by atoms with Gasteiger partial charge in [-0.3, -0.25) is 0 Å². The van der Waals surface area contributed by atoms with E-state index in [1.807, 2.05) is 0 Å². The summed E-state index contributed by atoms with van der Waals surface area (Å²) in [6.45, 7) is 3.50. The fraction of sp³-hybridized carbons (Fsp3) is 1.00. The molecule has 0 aliphatic heterocycles. The molecule has 0 unspecified atom stereocenters. The Balaban J connectivity index is 2.04. The van der Waals surface area contributed by atoms with E-state index < -0.39 is 0 Å². The SMILES string of the molecule is CCCCNC1CCCCCC1. The van der Waals surface area contributed by atoms with Gasteiger partial charge in [0, 0.05) is 6.04 Å². The summed E-state index contributed by atoms with van der Waals surface area (Å²) < 4.78 is 0. The van der Waals surface area contributed by atoms with Crippen LogP contribution in [0.15, 0.2) is 0 Å². The van der Waals surface area contributed by atoms with E-state index in [-0.39, 0.29) is 0 Å². The summed E-state index contributed by atoms with van der Waals surface area (Å²) in [6, 6.07) is 0.846. The average molecular weight is 169 g/mol. The van der Waals surface area contributed by atoms with Crippen LogP contribution in [0.25, 0.3) is 0 Å². The Morgan fingerprint density at radius 2 is 1.75 bits per heavy atom. The van der Waals surface area contributed by atoms with E-state index >= 15 is 0 Å². The normalized spacial score (nSPS) is 20.8. The predicted octanol–water partition coefficient (Wildman–Crippen LogP) is 3.10. The van der Waals surface area contributed by atoms with Crippen LogP contribution in [0.2, 0.25) is 0 Å². The van der Waals surface area contributed by atoms with Gasteiger partial charge in [0.05, 0.1) is 0 Å². The maximum atomic E-state index is 3.66. The van der Waals surface area contributed by atoms with Crippen LogP contribution in [0.1, 0.15) is 58.3 Å². The van der Waals surface area contributed by atoms with Crippen LogP contribution in [-0.4, -0.2) is 12.6 Å². The third-order valence-electron chi connectivity index (χ3n) is 2.82. The van der Waals surface area contributed by atoms with Crippen LogP contribution in [0.5, 0.6) is 0 Å². The second-order valence-corrected chi connectivity index (χ2v) is 4.00. The zero-order valence-electron chi connectivity index (χ0n) is 8.44. The molecule has 0 amide bonds. The highest BCUT2D eigenvalue weighted by molar-refractivity contribution is 4.70. The summed E-state index contributed by atoms with van der Waals surface area (Å²) in [6.07, 6.45) is 11.3. The van der Waals surface area contributed by atoms with Crippen LogP contribution >= 0.6 is 0 Å². The van der Waals surface area contributed by atoms with Crippen molar-refractivity contribution >= 4 is 0 Å². The van der Waals surface area contributed by atoms with Gasteiger partial charge in [-0.05, 0) is 25.8 Å². The van der Waals surface area contributed by atoms with E-state index in [2.05, 4.69) is 12.2 Å². The van der Waals surface area contributed by atoms with Gasteiger partial charge in [-0.2, -0.15) is 0 Å². The first kappa shape index (κ1) is 10.0. The summed E-state index contributed by atoms with van der Waals surface area (Å²) in [5.41, 5.74) is 0. The van der Waals surface area contributed by atoms with E-state index in [4.69, 9.17) is 0 Å². The molecule has 0 aromatic rings. The molecule has 1 nitrogen and oxygen atoms in total. The van der Waals surface area contributed by atoms with Crippen molar-refractivity contribution in [1.82, 2.24) is 5.32 Å². The minimum Gasteiger partial charge on any atom is -0.314 e. The molecule has 1 saturated carbocycles. The lowest BCUT2D eigenvalue weighted by Crippen LogP contribution is -2.29. The Bertz CT molecular complexity index is 93.2. The first-order chi connectivity index (χ1) is 5.93. The molecule has 12 heavy (non-hydrogen) atoms. The molecule has 1 aliphatic carbocycles. The zero-order valence-corrected chi connectivity index (χ0v) is 8.44. The summed E-state index contributed by atoms with van der Waals surface area (Å²) in [7, 11) is 0. The lowest BCUT2D eigenvalue weighted by atomic mass is 10.1. The van der Waals surface area contributed by atoms with Crippen molar-refractivity contribution in [2.75, 3.05) is 6.54 Å². The molecule has 72 valence electrons. The summed E-state index contributed by atoms with van der Waals surface area (Å²) in [4.78, 5) is 0. The number of hydrogen-bond donors (Lipinski definition) is 1. The quantitative estimate of drug-likeness (QED) is 0.503. The summed E-state index contributed by atoms with van der Waals surface area (Å²) >= 11 is 0. The van der Waals surface area contributed by atoms with Crippen LogP contribution < -0.4 is 5.32 Å². The Kier molecular flexibility index (Phi) is 5.42. The van der Waals surface area contributed by atoms with Crippen molar-refractivity contribution in [3.63, 3.8) is 0 Å². The molecule has 1 rings (SSSR count). The first-order valence-electron chi connectivity index (χ1n) is 5.67. The van der Waals surface area contributed by atoms with E-state index in [1.54, 1.807) is 0 Å². The van der Waals surface area contributed by atoms with Crippen LogP contribution in [0.4, 0.5) is 0 Å². The predicted molar refractivity (Wildman–Crippen MR) is 54.4 cm³/mol. The van der Waals surface area contributed by atoms with Gasteiger partial charge in [0.2, 0.25) is 0 Å². The molecule has 0 saturated heterocycles. The monoisotopic (exact) mass is 169 g/mol. The molecule has 1 aliphatic rings. The van der Waals surface area contributed by atoms with Crippen molar-refractivity contribution in [1.29, 1.82) is 0 Å². The van der Waals surface area contributed by atoms with Gasteiger partial charge in [-0.25, -0.2) is 0 Å². The molecule has 1 fully saturated rings. The van der Waals surface area contributed by atoms with Gasteiger partial charge in [0.15, 0.2) is 0 Å². The Labute approximate surface area is 76.9 Å². The summed E-state index contributed by atoms with van der Waals surface area (Å²) in [5.74, 6) is 0. The lowest BCUT2D eigenvalue weighted by molar-refractivity contribution is 0.454. The van der Waals surface area contributed by atoms with Gasteiger partial charge < -0.3 is 5.32 Å². The molecule has 0 heterocycles. The van der Waals surface area contributed by atoms with Crippen molar-refractivity contribution in [2.45, 2.75) is 64.3 Å². The molecular weight excluding hydrogens is 146 g/mol. The molecular formula is C11H23N. The Morgan fingerprint density at radius 3 is 2.33 bits per heavy atom. The van der Waals surface area contributed by atoms with E-state index in [9.17, 15) is 0 Å². The van der Waals surface area contributed by atoms with Crippen LogP contribution in [0, 0.1) is 0 Å². The molecule has 0 atom stereocenters. The third-order valence-corrected chi connectivity index (χ3v) is 2.82. The van der Waals surface area contributed by atoms with Crippen LogP contribution in [0.3, 0.4) is 0 Å². The molecule has 1 N–H and O–H groups in total. The molecule has 0 aromatic heterocycles. The highest BCUT2D eigenvalue weighted by Crippen LogP contribution is 2.16. The first-order valence-corrected chi connectivity index (χ1v) is 5.67. The van der Waals surface area contributed by atoms with E-state index in [1.165, 1.54) is 57.9 Å². The van der Waals surface area contributed by atoms with Crippen molar-refractivity contribution in [3.8, 4) is 0 Å². The third kappa shape index (κ3) is 4.10. The maximum Gasteiger partial charge on any atom is 0.00670 e. The fourth-order valence-corrected chi connectivity index (χ4v) is 1.97. The second kappa shape index (κ2) is 6.47. The molecule has 0 bridgehead atoms. The Hall–Kier alpha value is -0.0400. The molecule has 0 spiro atoms. The molecule has 0 aromatic carbocycles. The highest BCUT2D eigenvalue weighted by atomic mass is 14.9. The summed E-state index contributed by atoms with van der Waals surface area (Å²) in [5, 5.41) is 3.66. The van der Waals surface area contributed by atoms with Gasteiger partial charge in [0.1, 0.15) is 0 Å². The Morgan fingerprint density at radius 1 is 1.08 bits per heavy atom. The smallest absolute Gasteiger partial charge is 0.00670 e. The number of hydrogen-bond acceptors (Lipinski definition) is 1. The van der Waals surface area contributed by atoms with E-state index in [0.29, 0.717) is 0 Å². The number of nitrogens with one attached hydrogen (secondary N) is 1. The molecule has 0 radical (unpaired) electrons. The standard InChI is InChI=1S/C11H23N/c1-2-3-10-12-11-8-6-4-5-7-9-11/h11-12H,2-10H2,1H3. The van der Waals surface area contributed by atoms with Gasteiger partial charge in [-0.15, -0.1) is 0 Å². The van der Waals surface area contributed by atoms with Crippen LogP contribution in [-0.2, 0) is 0 Å². The fourth-order valence-electron chi connectivity index (χ4n) is 1.97. The topological polar surface area (TPSA) is 12.0 Å². The second-order valence-electron chi connectivity index (χ2n) is 4.00. The zero-order chi connectivity index (χ0) is 8.65. The average Bonchev–Trinajstić information content (AvgIpc) is 2.33. The van der Waals surface area contributed by atoms with Crippen molar-refractivity contribution in [3.05, 3.63) is 0 Å². The van der Waals surface area contributed by atoms with Gasteiger partial charge >= 0.3 is 0 Å². The number of unbranched alkanes of at least 4 members (excludes halogenated alkanes) is 1. The van der Waals surface area contributed by atoms with Crippen molar-refractivity contribution < 1.29 is 0 Å². The van der Waals surface area contributed by atoms with Gasteiger partial charge in [0.25, 0.3) is 0 Å². The number of rotatable bonds is 4. The largest absolute Gasteiger partial charge is 0.314 e. The maximum absolute atomic E-state index is 3.66.